The van der Waals surface area contributed by atoms with E-state index in [1.807, 2.05) is 40.9 Å². The first-order valence-corrected chi connectivity index (χ1v) is 4.96. The van der Waals surface area contributed by atoms with E-state index in [0.717, 1.165) is 10.3 Å². The fraction of sp³-hybridized carbons (Fsp3) is 0. The highest BCUT2D eigenvalue weighted by Gasteiger charge is 2.10. The number of hydrogen-bond donors (Lipinski definition) is 0. The van der Waals surface area contributed by atoms with Crippen LogP contribution in [-0.2, 0) is 0 Å². The van der Waals surface area contributed by atoms with Gasteiger partial charge in [0.2, 0.25) is 17.5 Å². The van der Waals surface area contributed by atoms with Gasteiger partial charge in [0.25, 0.3) is 0 Å². The Balaban J connectivity index is 2.27. The van der Waals surface area contributed by atoms with Crippen LogP contribution in [0.3, 0.4) is 0 Å². The molecule has 0 aliphatic carbocycles. The summed E-state index contributed by atoms with van der Waals surface area (Å²) in [6.07, 6.45) is 6.75. The summed E-state index contributed by atoms with van der Waals surface area (Å²) in [4.78, 5) is 4.06. The molecule has 0 unspecified atom stereocenters. The lowest BCUT2D eigenvalue weighted by Crippen LogP contribution is -2.29. The highest BCUT2D eigenvalue weighted by atomic mass is 16.5. The summed E-state index contributed by atoms with van der Waals surface area (Å²) in [5.74, 6) is 0. The van der Waals surface area contributed by atoms with E-state index in [2.05, 4.69) is 4.98 Å². The standard InChI is InChI=1S/C12H9N3O/c16-15-9-12-13-6-7-14(12)8-11(15)10-4-2-1-3-5-10/h1-9H. The van der Waals surface area contributed by atoms with Crippen molar-refractivity contribution in [2.75, 3.05) is 0 Å². The van der Waals surface area contributed by atoms with E-state index in [0.29, 0.717) is 11.3 Å². The van der Waals surface area contributed by atoms with Crippen molar-refractivity contribution >= 4 is 5.65 Å². The van der Waals surface area contributed by atoms with Gasteiger partial charge in [-0.3, -0.25) is 4.40 Å². The van der Waals surface area contributed by atoms with E-state index in [1.54, 1.807) is 12.4 Å². The number of hydrogen-bond acceptors (Lipinski definition) is 2. The van der Waals surface area contributed by atoms with Crippen LogP contribution < -0.4 is 4.73 Å². The van der Waals surface area contributed by atoms with Gasteiger partial charge in [0.1, 0.15) is 0 Å². The van der Waals surface area contributed by atoms with Gasteiger partial charge in [-0.2, -0.15) is 4.73 Å². The van der Waals surface area contributed by atoms with Crippen LogP contribution in [0.5, 0.6) is 0 Å². The minimum atomic E-state index is 0.617. The molecule has 2 aromatic heterocycles. The molecule has 0 spiro atoms. The Labute approximate surface area is 92.0 Å². The second-order valence-corrected chi connectivity index (χ2v) is 3.53. The summed E-state index contributed by atoms with van der Waals surface area (Å²) in [6.45, 7) is 0. The normalized spacial score (nSPS) is 10.8. The van der Waals surface area contributed by atoms with Crippen molar-refractivity contribution in [2.24, 2.45) is 0 Å². The third kappa shape index (κ3) is 1.32. The Bertz CT molecular complexity index is 631. The lowest BCUT2D eigenvalue weighted by molar-refractivity contribution is -0.593. The Kier molecular flexibility index (Phi) is 1.86. The fourth-order valence-electron chi connectivity index (χ4n) is 1.71. The Morgan fingerprint density at radius 1 is 1.19 bits per heavy atom. The lowest BCUT2D eigenvalue weighted by Gasteiger charge is -2.04. The van der Waals surface area contributed by atoms with Crippen molar-refractivity contribution in [3.63, 3.8) is 0 Å². The van der Waals surface area contributed by atoms with Gasteiger partial charge in [0, 0.05) is 18.0 Å². The molecule has 16 heavy (non-hydrogen) atoms. The maximum atomic E-state index is 11.8. The largest absolute Gasteiger partial charge is 0.618 e. The molecule has 78 valence electrons. The molecule has 4 nitrogen and oxygen atoms in total. The highest BCUT2D eigenvalue weighted by molar-refractivity contribution is 5.56. The van der Waals surface area contributed by atoms with Crippen LogP contribution in [0.25, 0.3) is 16.9 Å². The molecule has 0 radical (unpaired) electrons. The van der Waals surface area contributed by atoms with Gasteiger partial charge in [-0.25, -0.2) is 4.98 Å². The van der Waals surface area contributed by atoms with Gasteiger partial charge in [-0.15, -0.1) is 0 Å². The summed E-state index contributed by atoms with van der Waals surface area (Å²) in [5.41, 5.74) is 2.16. The molecule has 0 bridgehead atoms. The molecule has 0 N–H and O–H groups in total. The number of rotatable bonds is 1. The molecule has 0 saturated carbocycles. The molecule has 0 amide bonds. The van der Waals surface area contributed by atoms with Gasteiger partial charge in [-0.05, 0) is 12.1 Å². The molecule has 4 heteroatoms. The molecular formula is C12H9N3O. The predicted octanol–water partition coefficient (Wildman–Crippen LogP) is 1.63. The van der Waals surface area contributed by atoms with Crippen molar-refractivity contribution in [2.45, 2.75) is 0 Å². The molecule has 0 aliphatic rings. The third-order valence-electron chi connectivity index (χ3n) is 2.50. The Morgan fingerprint density at radius 3 is 2.81 bits per heavy atom. The van der Waals surface area contributed by atoms with Gasteiger partial charge < -0.3 is 5.21 Å². The summed E-state index contributed by atoms with van der Waals surface area (Å²) >= 11 is 0. The molecule has 0 atom stereocenters. The highest BCUT2D eigenvalue weighted by Crippen LogP contribution is 2.14. The molecule has 2 heterocycles. The molecular weight excluding hydrogens is 202 g/mol. The molecule has 0 fully saturated rings. The van der Waals surface area contributed by atoms with Crippen LogP contribution in [0.2, 0.25) is 0 Å². The number of fused-ring (bicyclic) bond motifs is 1. The molecule has 1 aromatic carbocycles. The summed E-state index contributed by atoms with van der Waals surface area (Å²) < 4.78 is 2.68. The zero-order chi connectivity index (χ0) is 11.0. The molecule has 0 aliphatic heterocycles. The monoisotopic (exact) mass is 211 g/mol. The maximum absolute atomic E-state index is 11.8. The number of benzene rings is 1. The smallest absolute Gasteiger partial charge is 0.240 e. The third-order valence-corrected chi connectivity index (χ3v) is 2.50. The van der Waals surface area contributed by atoms with Crippen molar-refractivity contribution < 1.29 is 4.73 Å². The first-order chi connectivity index (χ1) is 7.84. The predicted molar refractivity (Wildman–Crippen MR) is 59.6 cm³/mol. The average molecular weight is 211 g/mol. The second kappa shape index (κ2) is 3.34. The zero-order valence-corrected chi connectivity index (χ0v) is 8.45. The van der Waals surface area contributed by atoms with Gasteiger partial charge in [0.15, 0.2) is 0 Å². The Morgan fingerprint density at radius 2 is 2.00 bits per heavy atom. The molecule has 3 rings (SSSR count). The zero-order valence-electron chi connectivity index (χ0n) is 8.45. The minimum absolute atomic E-state index is 0.617. The minimum Gasteiger partial charge on any atom is -0.618 e. The maximum Gasteiger partial charge on any atom is 0.240 e. The fourth-order valence-corrected chi connectivity index (χ4v) is 1.71. The van der Waals surface area contributed by atoms with Crippen LogP contribution in [0.4, 0.5) is 0 Å². The van der Waals surface area contributed by atoms with E-state index < -0.39 is 0 Å². The number of aromatic nitrogens is 3. The number of imidazole rings is 1. The SMILES string of the molecule is [O-][n+]1cc2nccn2cc1-c1ccccc1. The Hall–Kier alpha value is -2.36. The lowest BCUT2D eigenvalue weighted by atomic mass is 10.2. The van der Waals surface area contributed by atoms with E-state index in [1.165, 1.54) is 6.20 Å². The van der Waals surface area contributed by atoms with Crippen LogP contribution in [0.15, 0.2) is 55.1 Å². The van der Waals surface area contributed by atoms with Crippen LogP contribution in [-0.4, -0.2) is 9.38 Å². The van der Waals surface area contributed by atoms with E-state index in [-0.39, 0.29) is 0 Å². The van der Waals surface area contributed by atoms with E-state index in [9.17, 15) is 5.21 Å². The van der Waals surface area contributed by atoms with E-state index in [4.69, 9.17) is 0 Å². The van der Waals surface area contributed by atoms with Crippen molar-refractivity contribution in [3.05, 3.63) is 60.3 Å². The van der Waals surface area contributed by atoms with Gasteiger partial charge >= 0.3 is 0 Å². The molecule has 0 saturated heterocycles. The average Bonchev–Trinajstić information content (AvgIpc) is 2.76. The van der Waals surface area contributed by atoms with Crippen molar-refractivity contribution in [1.29, 1.82) is 0 Å². The summed E-state index contributed by atoms with van der Waals surface area (Å²) in [5, 5.41) is 11.8. The van der Waals surface area contributed by atoms with Crippen LogP contribution >= 0.6 is 0 Å². The van der Waals surface area contributed by atoms with Gasteiger partial charge in [-0.1, -0.05) is 18.2 Å². The quantitative estimate of drug-likeness (QED) is 0.453. The van der Waals surface area contributed by atoms with Crippen molar-refractivity contribution in [1.82, 2.24) is 9.38 Å². The molecule has 3 aromatic rings. The van der Waals surface area contributed by atoms with Crippen molar-refractivity contribution in [3.8, 4) is 11.3 Å². The van der Waals surface area contributed by atoms with E-state index >= 15 is 0 Å². The van der Waals surface area contributed by atoms with Crippen LogP contribution in [0.1, 0.15) is 0 Å². The summed E-state index contributed by atoms with van der Waals surface area (Å²) in [7, 11) is 0. The topological polar surface area (TPSA) is 44.2 Å². The van der Waals surface area contributed by atoms with Crippen LogP contribution in [0, 0.1) is 5.21 Å². The second-order valence-electron chi connectivity index (χ2n) is 3.53. The summed E-state index contributed by atoms with van der Waals surface area (Å²) in [6, 6.07) is 9.56. The number of nitrogens with zero attached hydrogens (tertiary/aromatic N) is 3. The van der Waals surface area contributed by atoms with Gasteiger partial charge in [0.05, 0.1) is 6.20 Å². The first kappa shape index (κ1) is 8.91. The first-order valence-electron chi connectivity index (χ1n) is 4.96.